The highest BCUT2D eigenvalue weighted by Gasteiger charge is 2.42. The zero-order chi connectivity index (χ0) is 22.4. The molecule has 3 aromatic carbocycles. The summed E-state index contributed by atoms with van der Waals surface area (Å²) in [5.41, 5.74) is 2.99. The van der Waals surface area contributed by atoms with Crippen LogP contribution >= 0.6 is 0 Å². The number of rotatable bonds is 8. The molecular formula is C29H35NO2. The summed E-state index contributed by atoms with van der Waals surface area (Å²) in [6, 6.07) is 26.8. The van der Waals surface area contributed by atoms with E-state index >= 15 is 0 Å². The van der Waals surface area contributed by atoms with Gasteiger partial charge in [-0.25, -0.2) is 0 Å². The fraction of sp³-hybridized carbons (Fsp3) is 0.379. The van der Waals surface area contributed by atoms with E-state index in [4.69, 9.17) is 4.74 Å². The Morgan fingerprint density at radius 2 is 1.59 bits per heavy atom. The molecule has 1 heterocycles. The van der Waals surface area contributed by atoms with E-state index in [9.17, 15) is 5.11 Å². The van der Waals surface area contributed by atoms with Crippen molar-refractivity contribution >= 4 is 0 Å². The summed E-state index contributed by atoms with van der Waals surface area (Å²) in [6.45, 7) is 7.71. The summed E-state index contributed by atoms with van der Waals surface area (Å²) in [5, 5.41) is 12.7. The second-order valence-corrected chi connectivity index (χ2v) is 8.92. The van der Waals surface area contributed by atoms with Crippen LogP contribution in [0.4, 0.5) is 0 Å². The summed E-state index contributed by atoms with van der Waals surface area (Å²) in [7, 11) is 0. The van der Waals surface area contributed by atoms with E-state index in [0.29, 0.717) is 6.61 Å². The Morgan fingerprint density at radius 1 is 0.875 bits per heavy atom. The van der Waals surface area contributed by atoms with Crippen LogP contribution in [-0.2, 0) is 5.60 Å². The number of benzene rings is 3. The Kier molecular flexibility index (Phi) is 7.29. The molecule has 0 radical (unpaired) electrons. The molecule has 4 rings (SSSR count). The molecule has 32 heavy (non-hydrogen) atoms. The number of piperidine rings is 1. The first-order chi connectivity index (χ1) is 15.6. The third-order valence-corrected chi connectivity index (χ3v) is 6.66. The van der Waals surface area contributed by atoms with Gasteiger partial charge in [-0.2, -0.15) is 0 Å². The maximum absolute atomic E-state index is 12.7. The molecule has 1 fully saturated rings. The standard InChI is InChI=1S/C29H35NO2/c1-3-32-27-17-15-25(16-18-27)29(31,26-14-10-11-23(2)21-26)28(24-12-6-4-7-13-24)22-30-19-8-5-9-20-30/h4,6-7,10-18,21,28,31H,3,5,8-9,19-20,22H2,1-2H3/t28-,29+/m1/s1. The van der Waals surface area contributed by atoms with Gasteiger partial charge in [0.05, 0.1) is 6.61 Å². The first-order valence-corrected chi connectivity index (χ1v) is 11.9. The topological polar surface area (TPSA) is 32.7 Å². The summed E-state index contributed by atoms with van der Waals surface area (Å²) in [6.07, 6.45) is 3.76. The average Bonchev–Trinajstić information content (AvgIpc) is 2.84. The number of aliphatic hydroxyl groups is 1. The van der Waals surface area contributed by atoms with Gasteiger partial charge in [0.2, 0.25) is 0 Å². The van der Waals surface area contributed by atoms with Crippen LogP contribution in [0.1, 0.15) is 54.4 Å². The highest BCUT2D eigenvalue weighted by Crippen LogP contribution is 2.44. The molecule has 0 aromatic heterocycles. The average molecular weight is 430 g/mol. The van der Waals surface area contributed by atoms with Crippen molar-refractivity contribution in [3.63, 3.8) is 0 Å². The van der Waals surface area contributed by atoms with Crippen LogP contribution < -0.4 is 4.74 Å². The monoisotopic (exact) mass is 429 g/mol. The largest absolute Gasteiger partial charge is 0.494 e. The van der Waals surface area contributed by atoms with E-state index in [1.807, 2.05) is 43.3 Å². The molecule has 0 aliphatic carbocycles. The van der Waals surface area contributed by atoms with Gasteiger partial charge in [-0.05, 0) is 68.6 Å². The lowest BCUT2D eigenvalue weighted by molar-refractivity contribution is 0.0309. The molecular weight excluding hydrogens is 394 g/mol. The second kappa shape index (κ2) is 10.3. The molecule has 0 bridgehead atoms. The van der Waals surface area contributed by atoms with Gasteiger partial charge in [0, 0.05) is 12.5 Å². The normalized spacial score (nSPS) is 17.5. The first kappa shape index (κ1) is 22.6. The van der Waals surface area contributed by atoms with Crippen molar-refractivity contribution in [1.29, 1.82) is 0 Å². The van der Waals surface area contributed by atoms with Gasteiger partial charge in [-0.3, -0.25) is 0 Å². The molecule has 1 aliphatic rings. The van der Waals surface area contributed by atoms with Crippen molar-refractivity contribution in [2.24, 2.45) is 0 Å². The van der Waals surface area contributed by atoms with E-state index in [2.05, 4.69) is 54.3 Å². The van der Waals surface area contributed by atoms with E-state index in [1.54, 1.807) is 0 Å². The van der Waals surface area contributed by atoms with Crippen molar-refractivity contribution in [3.05, 3.63) is 101 Å². The highest BCUT2D eigenvalue weighted by atomic mass is 16.5. The van der Waals surface area contributed by atoms with Gasteiger partial charge >= 0.3 is 0 Å². The number of nitrogens with zero attached hydrogens (tertiary/aromatic N) is 1. The predicted octanol–water partition coefficient (Wildman–Crippen LogP) is 5.90. The van der Waals surface area contributed by atoms with Crippen molar-refractivity contribution in [1.82, 2.24) is 4.90 Å². The molecule has 168 valence electrons. The SMILES string of the molecule is CCOc1ccc([C@](O)(c2cccc(C)c2)[C@H](CN2CCCCC2)c2ccccc2)cc1. The van der Waals surface area contributed by atoms with Crippen LogP contribution in [0, 0.1) is 6.92 Å². The maximum atomic E-state index is 12.7. The number of hydrogen-bond donors (Lipinski definition) is 1. The molecule has 1 aliphatic heterocycles. The molecule has 3 aromatic rings. The molecule has 0 amide bonds. The van der Waals surface area contributed by atoms with Gasteiger partial charge in [0.15, 0.2) is 0 Å². The van der Waals surface area contributed by atoms with Crippen molar-refractivity contribution < 1.29 is 9.84 Å². The molecule has 0 unspecified atom stereocenters. The number of hydrogen-bond acceptors (Lipinski definition) is 3. The van der Waals surface area contributed by atoms with E-state index < -0.39 is 5.60 Å². The van der Waals surface area contributed by atoms with Crippen LogP contribution in [0.25, 0.3) is 0 Å². The molecule has 1 N–H and O–H groups in total. The minimum Gasteiger partial charge on any atom is -0.494 e. The molecule has 0 saturated carbocycles. The predicted molar refractivity (Wildman–Crippen MR) is 131 cm³/mol. The lowest BCUT2D eigenvalue weighted by atomic mass is 9.72. The van der Waals surface area contributed by atoms with Gasteiger partial charge in [0.1, 0.15) is 11.4 Å². The van der Waals surface area contributed by atoms with Crippen LogP contribution in [0.5, 0.6) is 5.75 Å². The van der Waals surface area contributed by atoms with E-state index in [1.165, 1.54) is 19.3 Å². The lowest BCUT2D eigenvalue weighted by Crippen LogP contribution is -2.43. The Hall–Kier alpha value is -2.62. The minimum absolute atomic E-state index is 0.0958. The molecule has 2 atom stereocenters. The van der Waals surface area contributed by atoms with Crippen molar-refractivity contribution in [2.45, 2.75) is 44.6 Å². The Balaban J connectivity index is 1.84. The second-order valence-electron chi connectivity index (χ2n) is 8.92. The molecule has 3 nitrogen and oxygen atoms in total. The van der Waals surface area contributed by atoms with Gasteiger partial charge < -0.3 is 14.7 Å². The summed E-state index contributed by atoms with van der Waals surface area (Å²) < 4.78 is 5.68. The van der Waals surface area contributed by atoms with E-state index in [-0.39, 0.29) is 5.92 Å². The number of likely N-dealkylation sites (tertiary alicyclic amines) is 1. The molecule has 1 saturated heterocycles. The van der Waals surface area contributed by atoms with Gasteiger partial charge in [0.25, 0.3) is 0 Å². The number of aryl methyl sites for hydroxylation is 1. The number of ether oxygens (including phenoxy) is 1. The Labute approximate surface area is 192 Å². The van der Waals surface area contributed by atoms with Gasteiger partial charge in [-0.1, -0.05) is 78.7 Å². The third-order valence-electron chi connectivity index (χ3n) is 6.66. The quantitative estimate of drug-likeness (QED) is 0.484. The summed E-state index contributed by atoms with van der Waals surface area (Å²) in [4.78, 5) is 2.52. The maximum Gasteiger partial charge on any atom is 0.123 e. The zero-order valence-electron chi connectivity index (χ0n) is 19.3. The van der Waals surface area contributed by atoms with Crippen molar-refractivity contribution in [2.75, 3.05) is 26.2 Å². The van der Waals surface area contributed by atoms with Crippen LogP contribution in [0.3, 0.4) is 0 Å². The lowest BCUT2D eigenvalue weighted by Gasteiger charge is -2.41. The Morgan fingerprint density at radius 3 is 2.25 bits per heavy atom. The highest BCUT2D eigenvalue weighted by molar-refractivity contribution is 5.44. The summed E-state index contributed by atoms with van der Waals surface area (Å²) >= 11 is 0. The van der Waals surface area contributed by atoms with E-state index in [0.717, 1.165) is 47.6 Å². The van der Waals surface area contributed by atoms with Gasteiger partial charge in [-0.15, -0.1) is 0 Å². The Bertz CT molecular complexity index is 980. The van der Waals surface area contributed by atoms with Crippen LogP contribution in [0.15, 0.2) is 78.9 Å². The minimum atomic E-state index is -1.16. The van der Waals surface area contributed by atoms with Crippen LogP contribution in [0.2, 0.25) is 0 Å². The first-order valence-electron chi connectivity index (χ1n) is 11.9. The third kappa shape index (κ3) is 4.90. The smallest absolute Gasteiger partial charge is 0.123 e. The molecule has 0 spiro atoms. The molecule has 3 heteroatoms. The summed E-state index contributed by atoms with van der Waals surface area (Å²) in [5.74, 6) is 0.733. The fourth-order valence-electron chi connectivity index (χ4n) is 4.99. The fourth-order valence-corrected chi connectivity index (χ4v) is 4.99. The van der Waals surface area contributed by atoms with Crippen molar-refractivity contribution in [3.8, 4) is 5.75 Å². The van der Waals surface area contributed by atoms with Crippen LogP contribution in [-0.4, -0.2) is 36.2 Å². The zero-order valence-corrected chi connectivity index (χ0v) is 19.3.